The summed E-state index contributed by atoms with van der Waals surface area (Å²) in [5, 5.41) is 15.2. The van der Waals surface area contributed by atoms with Crippen LogP contribution in [0.3, 0.4) is 0 Å². The molecule has 6 nitrogen and oxygen atoms in total. The molecule has 0 aliphatic carbocycles. The number of nitrogens with one attached hydrogen (secondary N) is 1. The number of benzene rings is 3. The number of aliphatic hydroxyl groups is 1. The highest BCUT2D eigenvalue weighted by Crippen LogP contribution is 2.24. The van der Waals surface area contributed by atoms with Crippen LogP contribution in [-0.2, 0) is 21.5 Å². The highest BCUT2D eigenvalue weighted by Gasteiger charge is 2.27. The maximum atomic E-state index is 12.8. The molecule has 168 valence electrons. The Kier molecular flexibility index (Phi) is 8.16. The zero-order chi connectivity index (χ0) is 23.0. The highest BCUT2D eigenvalue weighted by molar-refractivity contribution is 7.89. The third kappa shape index (κ3) is 6.50. The molecular formula is C25H28N2O4S. The Morgan fingerprint density at radius 3 is 2.19 bits per heavy atom. The van der Waals surface area contributed by atoms with Crippen LogP contribution in [-0.4, -0.2) is 25.8 Å². The van der Waals surface area contributed by atoms with Gasteiger partial charge in [0.1, 0.15) is 6.61 Å². The lowest BCUT2D eigenvalue weighted by Crippen LogP contribution is -2.35. The van der Waals surface area contributed by atoms with Crippen molar-refractivity contribution in [3.8, 4) is 0 Å². The van der Waals surface area contributed by atoms with Crippen LogP contribution in [0.25, 0.3) is 0 Å². The predicted octanol–water partition coefficient (Wildman–Crippen LogP) is 4.22. The van der Waals surface area contributed by atoms with E-state index in [9.17, 15) is 13.5 Å². The summed E-state index contributed by atoms with van der Waals surface area (Å²) in [6.45, 7) is 3.87. The molecule has 0 saturated carbocycles. The Bertz CT molecular complexity index is 1120. The van der Waals surface area contributed by atoms with Crippen LogP contribution >= 0.6 is 0 Å². The molecule has 2 unspecified atom stereocenters. The van der Waals surface area contributed by atoms with Gasteiger partial charge in [-0.3, -0.25) is 0 Å². The maximum Gasteiger partial charge on any atom is 0.240 e. The van der Waals surface area contributed by atoms with Crippen LogP contribution in [0.1, 0.15) is 29.7 Å². The monoisotopic (exact) mass is 452 g/mol. The largest absolute Gasteiger partial charge is 0.391 e. The van der Waals surface area contributed by atoms with Gasteiger partial charge in [0, 0.05) is 12.5 Å². The molecule has 0 saturated heterocycles. The first-order chi connectivity index (χ1) is 15.4. The number of rotatable bonds is 10. The Hall–Kier alpha value is -3.00. The van der Waals surface area contributed by atoms with Crippen molar-refractivity contribution < 1.29 is 18.4 Å². The lowest BCUT2D eigenvalue weighted by atomic mass is 9.92. The van der Waals surface area contributed by atoms with Gasteiger partial charge in [0.25, 0.3) is 0 Å². The number of hydrogen-bond acceptors (Lipinski definition) is 5. The standard InChI is InChI=1S/C25H28N2O4S/c1-19-13-15-23(16-14-19)32(29,30)26-17-24(25(28)22-11-7-4-8-12-22)20(2)27-31-18-21-9-5-3-6-10-21/h3-16,24-26,28H,17-18H2,1-2H3/b27-20+. The van der Waals surface area contributed by atoms with Crippen LogP contribution in [0.4, 0.5) is 0 Å². The minimum Gasteiger partial charge on any atom is -0.391 e. The van der Waals surface area contributed by atoms with Crippen LogP contribution in [0, 0.1) is 12.8 Å². The van der Waals surface area contributed by atoms with Crippen molar-refractivity contribution in [1.82, 2.24) is 4.72 Å². The summed E-state index contributed by atoms with van der Waals surface area (Å²) in [5.74, 6) is -0.617. The number of oxime groups is 1. The third-order valence-corrected chi connectivity index (χ3v) is 6.61. The minimum atomic E-state index is -3.74. The molecule has 0 spiro atoms. The number of aryl methyl sites for hydroxylation is 1. The zero-order valence-electron chi connectivity index (χ0n) is 18.2. The first-order valence-electron chi connectivity index (χ1n) is 10.4. The van der Waals surface area contributed by atoms with Gasteiger partial charge in [-0.05, 0) is 37.1 Å². The number of aliphatic hydroxyl groups excluding tert-OH is 1. The van der Waals surface area contributed by atoms with Crippen molar-refractivity contribution in [2.24, 2.45) is 11.1 Å². The summed E-state index contributed by atoms with van der Waals surface area (Å²) in [5.41, 5.74) is 3.10. The topological polar surface area (TPSA) is 88.0 Å². The van der Waals surface area contributed by atoms with Gasteiger partial charge < -0.3 is 9.94 Å². The van der Waals surface area contributed by atoms with Gasteiger partial charge in [-0.2, -0.15) is 0 Å². The minimum absolute atomic E-state index is 0.0314. The molecule has 0 heterocycles. The van der Waals surface area contributed by atoms with Crippen LogP contribution in [0.15, 0.2) is 95.0 Å². The number of sulfonamides is 1. The molecule has 3 aromatic rings. The van der Waals surface area contributed by atoms with Gasteiger partial charge >= 0.3 is 0 Å². The van der Waals surface area contributed by atoms with Crippen molar-refractivity contribution in [2.75, 3.05) is 6.54 Å². The lowest BCUT2D eigenvalue weighted by molar-refractivity contribution is 0.116. The van der Waals surface area contributed by atoms with E-state index in [4.69, 9.17) is 4.84 Å². The Labute approximate surface area is 189 Å². The molecule has 0 aliphatic heterocycles. The van der Waals surface area contributed by atoms with E-state index in [1.54, 1.807) is 43.3 Å². The molecule has 3 aromatic carbocycles. The van der Waals surface area contributed by atoms with Crippen molar-refractivity contribution in [3.05, 3.63) is 102 Å². The lowest BCUT2D eigenvalue weighted by Gasteiger charge is -2.23. The molecule has 0 aliphatic rings. The first kappa shape index (κ1) is 23.7. The average molecular weight is 453 g/mol. The van der Waals surface area contributed by atoms with E-state index in [1.165, 1.54) is 0 Å². The van der Waals surface area contributed by atoms with E-state index in [0.29, 0.717) is 11.3 Å². The van der Waals surface area contributed by atoms with Crippen molar-refractivity contribution in [2.45, 2.75) is 31.5 Å². The molecule has 0 amide bonds. The molecule has 0 bridgehead atoms. The Morgan fingerprint density at radius 1 is 0.969 bits per heavy atom. The van der Waals surface area contributed by atoms with Gasteiger partial charge in [0.2, 0.25) is 10.0 Å². The van der Waals surface area contributed by atoms with E-state index < -0.39 is 22.0 Å². The van der Waals surface area contributed by atoms with Crippen LogP contribution in [0.2, 0.25) is 0 Å². The molecule has 2 N–H and O–H groups in total. The molecule has 0 radical (unpaired) electrons. The maximum absolute atomic E-state index is 12.8. The molecule has 32 heavy (non-hydrogen) atoms. The molecular weight excluding hydrogens is 424 g/mol. The van der Waals surface area contributed by atoms with Crippen molar-refractivity contribution in [1.29, 1.82) is 0 Å². The molecule has 0 fully saturated rings. The van der Waals surface area contributed by atoms with Gasteiger partial charge in [-0.15, -0.1) is 0 Å². The first-order valence-corrected chi connectivity index (χ1v) is 11.8. The van der Waals surface area contributed by atoms with Crippen LogP contribution in [0.5, 0.6) is 0 Å². The van der Waals surface area contributed by atoms with E-state index in [-0.39, 0.29) is 18.0 Å². The summed E-state index contributed by atoms with van der Waals surface area (Å²) in [6, 6.07) is 25.3. The second-order valence-electron chi connectivity index (χ2n) is 7.62. The van der Waals surface area contributed by atoms with Gasteiger partial charge in [0.15, 0.2) is 0 Å². The number of hydrogen-bond donors (Lipinski definition) is 2. The zero-order valence-corrected chi connectivity index (χ0v) is 19.0. The average Bonchev–Trinajstić information content (AvgIpc) is 2.80. The van der Waals surface area contributed by atoms with Crippen molar-refractivity contribution in [3.63, 3.8) is 0 Å². The fourth-order valence-corrected chi connectivity index (χ4v) is 4.28. The van der Waals surface area contributed by atoms with E-state index >= 15 is 0 Å². The summed E-state index contributed by atoms with van der Waals surface area (Å²) in [7, 11) is -3.74. The quantitative estimate of drug-likeness (QED) is 0.356. The summed E-state index contributed by atoms with van der Waals surface area (Å²) in [4.78, 5) is 5.65. The summed E-state index contributed by atoms with van der Waals surface area (Å²) >= 11 is 0. The summed E-state index contributed by atoms with van der Waals surface area (Å²) < 4.78 is 28.1. The van der Waals surface area contributed by atoms with Gasteiger partial charge in [0.05, 0.1) is 16.7 Å². The fraction of sp³-hybridized carbons (Fsp3) is 0.240. The normalized spacial score (nSPS) is 14.0. The molecule has 7 heteroatoms. The predicted molar refractivity (Wildman–Crippen MR) is 126 cm³/mol. The smallest absolute Gasteiger partial charge is 0.240 e. The third-order valence-electron chi connectivity index (χ3n) is 5.17. The van der Waals surface area contributed by atoms with Crippen molar-refractivity contribution >= 4 is 15.7 Å². The molecule has 2 atom stereocenters. The van der Waals surface area contributed by atoms with E-state index in [0.717, 1.165) is 11.1 Å². The Morgan fingerprint density at radius 2 is 1.56 bits per heavy atom. The van der Waals surface area contributed by atoms with Crippen LogP contribution < -0.4 is 4.72 Å². The Balaban J connectivity index is 1.77. The van der Waals surface area contributed by atoms with Gasteiger partial charge in [-0.25, -0.2) is 13.1 Å². The second-order valence-corrected chi connectivity index (χ2v) is 9.39. The van der Waals surface area contributed by atoms with E-state index in [1.807, 2.05) is 55.5 Å². The number of nitrogens with zero attached hydrogens (tertiary/aromatic N) is 1. The van der Waals surface area contributed by atoms with Gasteiger partial charge in [-0.1, -0.05) is 83.5 Å². The fourth-order valence-electron chi connectivity index (χ4n) is 3.22. The van der Waals surface area contributed by atoms with E-state index in [2.05, 4.69) is 9.88 Å². The molecule has 0 aromatic heterocycles. The summed E-state index contributed by atoms with van der Waals surface area (Å²) in [6.07, 6.45) is -0.957. The second kappa shape index (κ2) is 11.0. The highest BCUT2D eigenvalue weighted by atomic mass is 32.2. The SMILES string of the molecule is C/C(=N\OCc1ccccc1)C(CNS(=O)(=O)c1ccc(C)cc1)C(O)c1ccccc1. The molecule has 3 rings (SSSR count).